The van der Waals surface area contributed by atoms with E-state index in [4.69, 9.17) is 0 Å². The van der Waals surface area contributed by atoms with Crippen LogP contribution in [0.3, 0.4) is 0 Å². The lowest BCUT2D eigenvalue weighted by molar-refractivity contribution is -0.127. The third-order valence-electron chi connectivity index (χ3n) is 5.46. The van der Waals surface area contributed by atoms with Crippen LogP contribution in [0.5, 0.6) is 0 Å². The van der Waals surface area contributed by atoms with Crippen LogP contribution in [0.4, 0.5) is 11.4 Å². The number of piperazine rings is 1. The summed E-state index contributed by atoms with van der Waals surface area (Å²) in [6.07, 6.45) is 1.98. The molecular formula is C26H23BrN2O2. The maximum absolute atomic E-state index is 13.8. The highest BCUT2D eigenvalue weighted by Gasteiger charge is 2.42. The minimum atomic E-state index is -0.720. The Morgan fingerprint density at radius 1 is 0.935 bits per heavy atom. The van der Waals surface area contributed by atoms with Crippen molar-refractivity contribution in [1.29, 1.82) is 0 Å². The molecular weight excluding hydrogens is 452 g/mol. The van der Waals surface area contributed by atoms with E-state index in [0.717, 1.165) is 26.9 Å². The molecule has 0 saturated carbocycles. The molecule has 1 aliphatic rings. The standard InChI is InChI=1S/C26H23BrN2O2/c1-18-8-6-7-11-23(18)28-17-24(30)29(22-14-12-21(27)13-15-22)25(26(28)31)19(2)16-20-9-4-3-5-10-20/h3-16,25H,17H2,1-2H3/b19-16+/t25-/m1/s1. The molecule has 0 aromatic heterocycles. The zero-order valence-corrected chi connectivity index (χ0v) is 19.0. The summed E-state index contributed by atoms with van der Waals surface area (Å²) in [5.74, 6) is -0.225. The topological polar surface area (TPSA) is 40.6 Å². The fourth-order valence-electron chi connectivity index (χ4n) is 3.95. The summed E-state index contributed by atoms with van der Waals surface area (Å²) in [6.45, 7) is 3.88. The second-order valence-corrected chi connectivity index (χ2v) is 8.57. The van der Waals surface area contributed by atoms with Crippen molar-refractivity contribution < 1.29 is 9.59 Å². The monoisotopic (exact) mass is 474 g/mol. The second-order valence-electron chi connectivity index (χ2n) is 7.65. The Balaban J connectivity index is 1.81. The molecule has 0 aliphatic carbocycles. The van der Waals surface area contributed by atoms with Gasteiger partial charge in [-0.25, -0.2) is 0 Å². The lowest BCUT2D eigenvalue weighted by atomic mass is 9.98. The van der Waals surface area contributed by atoms with Crippen LogP contribution in [-0.2, 0) is 9.59 Å². The molecule has 4 nitrogen and oxygen atoms in total. The first-order chi connectivity index (χ1) is 15.0. The molecule has 0 bridgehead atoms. The third-order valence-corrected chi connectivity index (χ3v) is 5.99. The van der Waals surface area contributed by atoms with Crippen LogP contribution in [0.1, 0.15) is 18.1 Å². The number of carbonyl (C=O) groups is 2. The van der Waals surface area contributed by atoms with Gasteiger partial charge in [-0.15, -0.1) is 0 Å². The van der Waals surface area contributed by atoms with Gasteiger partial charge in [0.15, 0.2) is 0 Å². The average molecular weight is 475 g/mol. The van der Waals surface area contributed by atoms with Crippen LogP contribution in [0.2, 0.25) is 0 Å². The molecule has 31 heavy (non-hydrogen) atoms. The fourth-order valence-corrected chi connectivity index (χ4v) is 4.21. The van der Waals surface area contributed by atoms with E-state index in [1.165, 1.54) is 0 Å². The van der Waals surface area contributed by atoms with Gasteiger partial charge in [0.2, 0.25) is 5.91 Å². The molecule has 1 saturated heterocycles. The van der Waals surface area contributed by atoms with Gasteiger partial charge in [0.25, 0.3) is 5.91 Å². The smallest absolute Gasteiger partial charge is 0.254 e. The number of anilines is 2. The second kappa shape index (κ2) is 8.90. The lowest BCUT2D eigenvalue weighted by Gasteiger charge is -2.41. The first-order valence-electron chi connectivity index (χ1n) is 10.1. The van der Waals surface area contributed by atoms with Crippen LogP contribution in [0.15, 0.2) is 88.9 Å². The van der Waals surface area contributed by atoms with Crippen LogP contribution in [-0.4, -0.2) is 24.4 Å². The third kappa shape index (κ3) is 4.32. The number of hydrogen-bond acceptors (Lipinski definition) is 2. The van der Waals surface area contributed by atoms with Crippen molar-refractivity contribution in [3.05, 3.63) is 100 Å². The molecule has 4 rings (SSSR count). The summed E-state index contributed by atoms with van der Waals surface area (Å²) in [5, 5.41) is 0. The Morgan fingerprint density at radius 3 is 2.26 bits per heavy atom. The molecule has 0 unspecified atom stereocenters. The Hall–Kier alpha value is -3.18. The highest BCUT2D eigenvalue weighted by atomic mass is 79.9. The van der Waals surface area contributed by atoms with Crippen molar-refractivity contribution in [3.8, 4) is 0 Å². The lowest BCUT2D eigenvalue weighted by Crippen LogP contribution is -2.61. The first-order valence-corrected chi connectivity index (χ1v) is 10.9. The molecule has 3 aromatic rings. The van der Waals surface area contributed by atoms with E-state index in [1.54, 1.807) is 9.80 Å². The van der Waals surface area contributed by atoms with Crippen LogP contribution in [0, 0.1) is 6.92 Å². The van der Waals surface area contributed by atoms with Crippen LogP contribution in [0.25, 0.3) is 6.08 Å². The van der Waals surface area contributed by atoms with Crippen LogP contribution >= 0.6 is 15.9 Å². The zero-order valence-electron chi connectivity index (χ0n) is 17.5. The Morgan fingerprint density at radius 2 is 1.58 bits per heavy atom. The maximum atomic E-state index is 13.8. The van der Waals surface area contributed by atoms with Gasteiger partial charge in [-0.1, -0.05) is 70.5 Å². The number of para-hydroxylation sites is 1. The van der Waals surface area contributed by atoms with Crippen LogP contribution < -0.4 is 9.80 Å². The molecule has 1 aliphatic heterocycles. The summed E-state index contributed by atoms with van der Waals surface area (Å²) in [4.78, 5) is 30.4. The molecule has 1 fully saturated rings. The van der Waals surface area contributed by atoms with Gasteiger partial charge in [0.05, 0.1) is 0 Å². The SMILES string of the molecule is C/C(=C\c1ccccc1)[C@@H]1C(=O)N(c2ccccc2C)CC(=O)N1c1ccc(Br)cc1. The molecule has 156 valence electrons. The van der Waals surface area contributed by atoms with Crippen molar-refractivity contribution in [2.24, 2.45) is 0 Å². The molecule has 5 heteroatoms. The normalized spacial score (nSPS) is 17.3. The van der Waals surface area contributed by atoms with E-state index in [1.807, 2.05) is 98.8 Å². The summed E-state index contributed by atoms with van der Waals surface area (Å²) in [5.41, 5.74) is 4.24. The Kier molecular flexibility index (Phi) is 6.05. The Labute approximate surface area is 190 Å². The number of nitrogens with zero attached hydrogens (tertiary/aromatic N) is 2. The van der Waals surface area contributed by atoms with E-state index in [2.05, 4.69) is 15.9 Å². The van der Waals surface area contributed by atoms with Gasteiger partial charge in [0, 0.05) is 15.8 Å². The molecule has 3 aromatic carbocycles. The van der Waals surface area contributed by atoms with E-state index in [-0.39, 0.29) is 18.4 Å². The predicted molar refractivity (Wildman–Crippen MR) is 129 cm³/mol. The number of hydrogen-bond donors (Lipinski definition) is 0. The van der Waals surface area contributed by atoms with Crippen molar-refractivity contribution in [2.75, 3.05) is 16.3 Å². The first kappa shape index (κ1) is 21.1. The van der Waals surface area contributed by atoms with E-state index in [0.29, 0.717) is 5.69 Å². The fraction of sp³-hybridized carbons (Fsp3) is 0.154. The van der Waals surface area contributed by atoms with E-state index in [9.17, 15) is 9.59 Å². The molecule has 0 spiro atoms. The molecule has 0 radical (unpaired) electrons. The van der Waals surface area contributed by atoms with Gasteiger partial charge >= 0.3 is 0 Å². The van der Waals surface area contributed by atoms with Crippen molar-refractivity contribution in [1.82, 2.24) is 0 Å². The summed E-state index contributed by atoms with van der Waals surface area (Å²) in [7, 11) is 0. The van der Waals surface area contributed by atoms with Gasteiger partial charge in [-0.05, 0) is 60.9 Å². The van der Waals surface area contributed by atoms with E-state index < -0.39 is 6.04 Å². The van der Waals surface area contributed by atoms with Gasteiger partial charge in [-0.3, -0.25) is 14.5 Å². The largest absolute Gasteiger partial charge is 0.301 e. The molecule has 0 N–H and O–H groups in total. The number of aryl methyl sites for hydroxylation is 1. The minimum absolute atomic E-state index is 0.00880. The average Bonchev–Trinajstić information content (AvgIpc) is 2.77. The Bertz CT molecular complexity index is 1140. The molecule has 1 heterocycles. The predicted octanol–water partition coefficient (Wildman–Crippen LogP) is 5.61. The summed E-state index contributed by atoms with van der Waals surface area (Å²) < 4.78 is 0.918. The van der Waals surface area contributed by atoms with E-state index >= 15 is 0 Å². The maximum Gasteiger partial charge on any atom is 0.254 e. The van der Waals surface area contributed by atoms with Gasteiger partial charge in [0.1, 0.15) is 12.6 Å². The van der Waals surface area contributed by atoms with Gasteiger partial charge in [-0.2, -0.15) is 0 Å². The molecule has 1 atom stereocenters. The number of rotatable bonds is 4. The van der Waals surface area contributed by atoms with Crippen molar-refractivity contribution in [3.63, 3.8) is 0 Å². The highest BCUT2D eigenvalue weighted by Crippen LogP contribution is 2.31. The zero-order chi connectivity index (χ0) is 22.0. The number of benzene rings is 3. The number of halogens is 1. The summed E-state index contributed by atoms with van der Waals surface area (Å²) >= 11 is 3.44. The highest BCUT2D eigenvalue weighted by molar-refractivity contribution is 9.10. The number of amides is 2. The molecule has 2 amide bonds. The van der Waals surface area contributed by atoms with Crippen molar-refractivity contribution >= 4 is 45.2 Å². The van der Waals surface area contributed by atoms with Crippen molar-refractivity contribution in [2.45, 2.75) is 19.9 Å². The minimum Gasteiger partial charge on any atom is -0.301 e. The summed E-state index contributed by atoms with van der Waals surface area (Å²) in [6, 6.07) is 24.3. The van der Waals surface area contributed by atoms with Gasteiger partial charge < -0.3 is 4.90 Å². The quantitative estimate of drug-likeness (QED) is 0.492. The number of carbonyl (C=O) groups excluding carboxylic acids is 2.